The predicted molar refractivity (Wildman–Crippen MR) is 112 cm³/mol. The van der Waals surface area contributed by atoms with Gasteiger partial charge in [0.15, 0.2) is 5.82 Å². The molecule has 0 bridgehead atoms. The molecule has 1 aliphatic rings. The molecule has 0 aliphatic carbocycles. The number of nitrogens with zero attached hydrogens (tertiary/aromatic N) is 5. The number of halogens is 2. The Labute approximate surface area is 176 Å². The molecule has 3 aromatic rings. The number of piperidine rings is 1. The van der Waals surface area contributed by atoms with Crippen LogP contribution in [0.15, 0.2) is 18.2 Å². The molecular weight excluding hydrogens is 441 g/mol. The van der Waals surface area contributed by atoms with Gasteiger partial charge in [-0.05, 0) is 36.6 Å². The van der Waals surface area contributed by atoms with Crippen molar-refractivity contribution in [1.82, 2.24) is 24.1 Å². The predicted octanol–water partition coefficient (Wildman–Crippen LogP) is 3.80. The van der Waals surface area contributed by atoms with Crippen LogP contribution in [0.25, 0.3) is 17.1 Å². The van der Waals surface area contributed by atoms with Gasteiger partial charge < -0.3 is 0 Å². The third kappa shape index (κ3) is 4.08. The third-order valence-corrected chi connectivity index (χ3v) is 7.42. The number of hydrogen-bond acceptors (Lipinski definition) is 6. The van der Waals surface area contributed by atoms with Crippen molar-refractivity contribution in [3.63, 3.8) is 0 Å². The van der Waals surface area contributed by atoms with E-state index in [2.05, 4.69) is 15.3 Å². The number of hydrogen-bond donors (Lipinski definition) is 0. The Bertz CT molecular complexity index is 1150. The maximum absolute atomic E-state index is 11.7. The van der Waals surface area contributed by atoms with Gasteiger partial charge in [-0.25, -0.2) is 12.7 Å². The second-order valence-corrected chi connectivity index (χ2v) is 10.4. The molecule has 28 heavy (non-hydrogen) atoms. The van der Waals surface area contributed by atoms with E-state index < -0.39 is 10.0 Å². The van der Waals surface area contributed by atoms with E-state index in [9.17, 15) is 8.42 Å². The third-order valence-electron chi connectivity index (χ3n) is 4.69. The van der Waals surface area contributed by atoms with E-state index in [4.69, 9.17) is 23.2 Å². The highest BCUT2D eigenvalue weighted by Gasteiger charge is 2.29. The molecule has 7 nitrogen and oxygen atoms in total. The van der Waals surface area contributed by atoms with Crippen LogP contribution in [0.3, 0.4) is 0 Å². The summed E-state index contributed by atoms with van der Waals surface area (Å²) in [7, 11) is -3.15. The second-order valence-electron chi connectivity index (χ2n) is 6.63. The van der Waals surface area contributed by atoms with Crippen LogP contribution in [-0.4, -0.2) is 51.9 Å². The fourth-order valence-corrected chi connectivity index (χ4v) is 5.31. The first kappa shape index (κ1) is 19.8. The molecule has 1 aliphatic heterocycles. The van der Waals surface area contributed by atoms with Gasteiger partial charge in [0.25, 0.3) is 0 Å². The summed E-state index contributed by atoms with van der Waals surface area (Å²) in [4.78, 5) is 0.711. The van der Waals surface area contributed by atoms with E-state index in [1.807, 2.05) is 18.2 Å². The minimum atomic E-state index is -3.15. The van der Waals surface area contributed by atoms with Gasteiger partial charge >= 0.3 is 0 Å². The van der Waals surface area contributed by atoms with Crippen LogP contribution < -0.4 is 0 Å². The van der Waals surface area contributed by atoms with E-state index in [0.717, 1.165) is 16.4 Å². The molecule has 0 spiro atoms. The smallest absolute Gasteiger partial charge is 0.213 e. The molecular formula is C17H17Cl2N5O2S2. The van der Waals surface area contributed by atoms with E-state index in [1.54, 1.807) is 16.6 Å². The highest BCUT2D eigenvalue weighted by molar-refractivity contribution is 7.88. The molecule has 4 rings (SSSR count). The Morgan fingerprint density at radius 2 is 1.93 bits per heavy atom. The highest BCUT2D eigenvalue weighted by Crippen LogP contribution is 2.29. The monoisotopic (exact) mass is 457 g/mol. The number of fused-ring (bicyclic) bond motifs is 1. The number of benzene rings is 1. The minimum absolute atomic E-state index is 0.137. The SMILES string of the molecule is CS(=O)(=O)N1CCC(c2nnc3sc(/C=C/c4ccc(Cl)cc4Cl)nn23)CC1. The van der Waals surface area contributed by atoms with Gasteiger partial charge in [-0.3, -0.25) is 0 Å². The first-order valence-corrected chi connectivity index (χ1v) is 12.0. The molecule has 0 saturated carbocycles. The molecule has 11 heteroatoms. The van der Waals surface area contributed by atoms with Crippen molar-refractivity contribution in [3.05, 3.63) is 44.6 Å². The summed E-state index contributed by atoms with van der Waals surface area (Å²) in [5, 5.41) is 15.1. The zero-order valence-corrected chi connectivity index (χ0v) is 18.1. The van der Waals surface area contributed by atoms with Crippen LogP contribution in [0, 0.1) is 0 Å². The van der Waals surface area contributed by atoms with Crippen molar-refractivity contribution in [2.75, 3.05) is 19.3 Å². The van der Waals surface area contributed by atoms with E-state index in [1.165, 1.54) is 21.9 Å². The maximum atomic E-state index is 11.7. The zero-order chi connectivity index (χ0) is 19.9. The largest absolute Gasteiger partial charge is 0.234 e. The quantitative estimate of drug-likeness (QED) is 0.594. The molecule has 3 heterocycles. The van der Waals surface area contributed by atoms with Gasteiger partial charge in [0, 0.05) is 29.1 Å². The maximum Gasteiger partial charge on any atom is 0.234 e. The standard InChI is InChI=1S/C17H17Cl2N5O2S2/c1-28(25,26)23-8-6-12(7-9-23)16-20-21-17-24(16)22-15(27-17)5-3-11-2-4-13(18)10-14(11)19/h2-5,10,12H,6-9H2,1H3/b5-3+. The Morgan fingerprint density at radius 3 is 2.61 bits per heavy atom. The minimum Gasteiger partial charge on any atom is -0.213 e. The van der Waals surface area contributed by atoms with Gasteiger partial charge in [0.2, 0.25) is 15.0 Å². The molecule has 2 aromatic heterocycles. The summed E-state index contributed by atoms with van der Waals surface area (Å²) in [5.41, 5.74) is 0.852. The van der Waals surface area contributed by atoms with Crippen molar-refractivity contribution in [1.29, 1.82) is 0 Å². The van der Waals surface area contributed by atoms with E-state index in [0.29, 0.717) is 40.9 Å². The Balaban J connectivity index is 1.53. The first-order valence-electron chi connectivity index (χ1n) is 8.61. The summed E-state index contributed by atoms with van der Waals surface area (Å²) in [6, 6.07) is 5.33. The molecule has 0 N–H and O–H groups in total. The lowest BCUT2D eigenvalue weighted by Crippen LogP contribution is -2.37. The number of aromatic nitrogens is 4. The van der Waals surface area contributed by atoms with Crippen molar-refractivity contribution >= 4 is 61.7 Å². The van der Waals surface area contributed by atoms with Gasteiger partial charge in [-0.1, -0.05) is 46.7 Å². The van der Waals surface area contributed by atoms with Crippen molar-refractivity contribution in [3.8, 4) is 0 Å². The zero-order valence-electron chi connectivity index (χ0n) is 14.9. The Hall–Kier alpha value is -1.52. The molecule has 0 radical (unpaired) electrons. The second kappa shape index (κ2) is 7.72. The molecule has 1 aromatic carbocycles. The normalized spacial score (nSPS) is 17.1. The van der Waals surface area contributed by atoms with Crippen molar-refractivity contribution in [2.24, 2.45) is 0 Å². The van der Waals surface area contributed by atoms with Crippen LogP contribution in [0.1, 0.15) is 35.2 Å². The summed E-state index contributed by atoms with van der Waals surface area (Å²) < 4.78 is 26.6. The van der Waals surface area contributed by atoms with Gasteiger partial charge in [-0.15, -0.1) is 10.2 Å². The van der Waals surface area contributed by atoms with Crippen molar-refractivity contribution in [2.45, 2.75) is 18.8 Å². The topological polar surface area (TPSA) is 80.5 Å². The van der Waals surface area contributed by atoms with Crippen LogP contribution >= 0.6 is 34.5 Å². The molecule has 1 fully saturated rings. The van der Waals surface area contributed by atoms with Crippen LogP contribution in [0.2, 0.25) is 10.0 Å². The van der Waals surface area contributed by atoms with E-state index >= 15 is 0 Å². The summed E-state index contributed by atoms with van der Waals surface area (Å²) in [6.07, 6.45) is 6.42. The lowest BCUT2D eigenvalue weighted by atomic mass is 9.97. The molecule has 0 unspecified atom stereocenters. The number of sulfonamides is 1. The van der Waals surface area contributed by atoms with Crippen LogP contribution in [0.5, 0.6) is 0 Å². The lowest BCUT2D eigenvalue weighted by molar-refractivity contribution is 0.313. The fourth-order valence-electron chi connectivity index (χ4n) is 3.21. The first-order chi connectivity index (χ1) is 13.3. The number of rotatable bonds is 4. The average Bonchev–Trinajstić information content (AvgIpc) is 3.20. The summed E-state index contributed by atoms with van der Waals surface area (Å²) in [6.45, 7) is 0.981. The van der Waals surface area contributed by atoms with Crippen molar-refractivity contribution < 1.29 is 8.42 Å². The lowest BCUT2D eigenvalue weighted by Gasteiger charge is -2.28. The van der Waals surface area contributed by atoms with Crippen LogP contribution in [-0.2, 0) is 10.0 Å². The molecule has 0 amide bonds. The molecule has 0 atom stereocenters. The molecule has 148 valence electrons. The van der Waals surface area contributed by atoms with Gasteiger partial charge in [0.05, 0.1) is 6.26 Å². The molecule has 1 saturated heterocycles. The average molecular weight is 458 g/mol. The van der Waals surface area contributed by atoms with Gasteiger partial charge in [0.1, 0.15) is 5.01 Å². The van der Waals surface area contributed by atoms with E-state index in [-0.39, 0.29) is 5.92 Å². The summed E-state index contributed by atoms with van der Waals surface area (Å²) >= 11 is 13.6. The summed E-state index contributed by atoms with van der Waals surface area (Å²) in [5.74, 6) is 0.918. The van der Waals surface area contributed by atoms with Gasteiger partial charge in [-0.2, -0.15) is 9.61 Å². The Kier molecular flexibility index (Phi) is 5.45. The van der Waals surface area contributed by atoms with Crippen LogP contribution in [0.4, 0.5) is 0 Å². The fraction of sp³-hybridized carbons (Fsp3) is 0.353. The Morgan fingerprint density at radius 1 is 1.18 bits per heavy atom. The highest BCUT2D eigenvalue weighted by atomic mass is 35.5.